The summed E-state index contributed by atoms with van der Waals surface area (Å²) >= 11 is 0. The third kappa shape index (κ3) is 8.78. The third-order valence-electron chi connectivity index (χ3n) is 6.75. The minimum absolute atomic E-state index is 0.155. The zero-order valence-electron chi connectivity index (χ0n) is 21.4. The van der Waals surface area contributed by atoms with Gasteiger partial charge in [-0.05, 0) is 94.3 Å². The molecule has 3 rings (SSSR count). The standard InChI is InChI=1S/C28H35FN4O4/c1-18(34)22-14-23(19(2)35)16-25(15-22)32-28(37)31-10-3-4-26-13-21(9-11-33(26)17-27(30)36)12-20-5-7-24(29)8-6-20/h5-8,14-16,21,26H,3-4,9-13,17H2,1-2H3,(H2,30,36)(H2,31,32,37)/t21-,26-/m0/s1. The predicted octanol–water partition coefficient (Wildman–Crippen LogP) is 3.94. The van der Waals surface area contributed by atoms with Crippen molar-refractivity contribution in [2.24, 2.45) is 11.7 Å². The lowest BCUT2D eigenvalue weighted by Gasteiger charge is -2.39. The van der Waals surface area contributed by atoms with Gasteiger partial charge in [-0.3, -0.25) is 19.3 Å². The van der Waals surface area contributed by atoms with Crippen molar-refractivity contribution >= 4 is 29.2 Å². The molecule has 2 atom stereocenters. The van der Waals surface area contributed by atoms with Crippen LogP contribution in [0.3, 0.4) is 0 Å². The molecule has 3 amide bonds. The summed E-state index contributed by atoms with van der Waals surface area (Å²) < 4.78 is 13.2. The summed E-state index contributed by atoms with van der Waals surface area (Å²) in [5, 5.41) is 5.51. The average Bonchev–Trinajstić information content (AvgIpc) is 2.84. The smallest absolute Gasteiger partial charge is 0.319 e. The molecule has 37 heavy (non-hydrogen) atoms. The molecule has 9 heteroatoms. The molecule has 0 bridgehead atoms. The van der Waals surface area contributed by atoms with Gasteiger partial charge in [-0.25, -0.2) is 9.18 Å². The number of nitrogens with two attached hydrogens (primary N) is 1. The number of carbonyl (C=O) groups is 4. The molecule has 0 aliphatic carbocycles. The number of likely N-dealkylation sites (tertiary alicyclic amines) is 1. The largest absolute Gasteiger partial charge is 0.369 e. The van der Waals surface area contributed by atoms with Crippen LogP contribution in [-0.2, 0) is 11.2 Å². The molecule has 198 valence electrons. The Labute approximate surface area is 216 Å². The van der Waals surface area contributed by atoms with Crippen molar-refractivity contribution < 1.29 is 23.6 Å². The van der Waals surface area contributed by atoms with E-state index in [1.807, 2.05) is 12.1 Å². The van der Waals surface area contributed by atoms with E-state index in [9.17, 15) is 23.6 Å². The second-order valence-corrected chi connectivity index (χ2v) is 9.75. The van der Waals surface area contributed by atoms with Crippen LogP contribution in [0.15, 0.2) is 42.5 Å². The second-order valence-electron chi connectivity index (χ2n) is 9.75. The fraction of sp³-hybridized carbons (Fsp3) is 0.429. The molecule has 0 aromatic heterocycles. The highest BCUT2D eigenvalue weighted by molar-refractivity contribution is 6.02. The summed E-state index contributed by atoms with van der Waals surface area (Å²) in [6.45, 7) is 4.19. The van der Waals surface area contributed by atoms with E-state index in [0.29, 0.717) is 35.7 Å². The van der Waals surface area contributed by atoms with Gasteiger partial charge in [0.25, 0.3) is 0 Å². The highest BCUT2D eigenvalue weighted by atomic mass is 19.1. The number of hydrogen-bond acceptors (Lipinski definition) is 5. The monoisotopic (exact) mass is 510 g/mol. The lowest BCUT2D eigenvalue weighted by Crippen LogP contribution is -2.47. The van der Waals surface area contributed by atoms with Gasteiger partial charge in [0.15, 0.2) is 11.6 Å². The molecule has 1 saturated heterocycles. The minimum atomic E-state index is -0.429. The lowest BCUT2D eigenvalue weighted by atomic mass is 9.84. The summed E-state index contributed by atoms with van der Waals surface area (Å²) in [6, 6.07) is 10.9. The second kappa shape index (κ2) is 13.1. The first kappa shape index (κ1) is 28.0. The lowest BCUT2D eigenvalue weighted by molar-refractivity contribution is -0.120. The van der Waals surface area contributed by atoms with Crippen molar-refractivity contribution in [3.63, 3.8) is 0 Å². The molecule has 0 unspecified atom stereocenters. The molecule has 0 spiro atoms. The first-order valence-electron chi connectivity index (χ1n) is 12.6. The Kier molecular flexibility index (Phi) is 9.91. The molecule has 0 radical (unpaired) electrons. The Morgan fingerprint density at radius 1 is 1.03 bits per heavy atom. The number of primary amides is 1. The summed E-state index contributed by atoms with van der Waals surface area (Å²) in [5.41, 5.74) is 7.63. The van der Waals surface area contributed by atoms with Gasteiger partial charge in [-0.1, -0.05) is 12.1 Å². The fourth-order valence-corrected chi connectivity index (χ4v) is 4.85. The van der Waals surface area contributed by atoms with Gasteiger partial charge in [0, 0.05) is 29.4 Å². The van der Waals surface area contributed by atoms with E-state index in [1.54, 1.807) is 12.1 Å². The van der Waals surface area contributed by atoms with Crippen LogP contribution in [-0.4, -0.2) is 54.1 Å². The zero-order chi connectivity index (χ0) is 26.9. The average molecular weight is 511 g/mol. The van der Waals surface area contributed by atoms with E-state index in [-0.39, 0.29) is 35.9 Å². The summed E-state index contributed by atoms with van der Waals surface area (Å²) in [6.07, 6.45) is 4.15. The van der Waals surface area contributed by atoms with Crippen molar-refractivity contribution in [1.29, 1.82) is 0 Å². The van der Waals surface area contributed by atoms with Crippen LogP contribution in [0.25, 0.3) is 0 Å². The third-order valence-corrected chi connectivity index (χ3v) is 6.75. The number of urea groups is 1. The normalized spacial score (nSPS) is 17.7. The molecule has 1 aliphatic rings. The van der Waals surface area contributed by atoms with Gasteiger partial charge >= 0.3 is 6.03 Å². The van der Waals surface area contributed by atoms with E-state index in [4.69, 9.17) is 5.73 Å². The predicted molar refractivity (Wildman–Crippen MR) is 140 cm³/mol. The van der Waals surface area contributed by atoms with Crippen LogP contribution in [0.5, 0.6) is 0 Å². The number of nitrogens with zero attached hydrogens (tertiary/aromatic N) is 1. The molecule has 1 fully saturated rings. The highest BCUT2D eigenvalue weighted by Crippen LogP contribution is 2.28. The Morgan fingerprint density at radius 2 is 1.68 bits per heavy atom. The SMILES string of the molecule is CC(=O)c1cc(NC(=O)NCCC[C@H]2C[C@H](Cc3ccc(F)cc3)CCN2CC(N)=O)cc(C(C)=O)c1. The molecule has 0 saturated carbocycles. The number of carbonyl (C=O) groups excluding carboxylic acids is 4. The number of hydrogen-bond donors (Lipinski definition) is 3. The van der Waals surface area contributed by atoms with Crippen molar-refractivity contribution in [2.45, 2.75) is 52.0 Å². The van der Waals surface area contributed by atoms with Gasteiger partial charge in [0.05, 0.1) is 6.54 Å². The van der Waals surface area contributed by atoms with Crippen molar-refractivity contribution in [3.05, 3.63) is 65.0 Å². The van der Waals surface area contributed by atoms with Gasteiger partial charge in [0.1, 0.15) is 5.82 Å². The zero-order valence-corrected chi connectivity index (χ0v) is 21.4. The Hall–Kier alpha value is -3.59. The quantitative estimate of drug-likeness (QED) is 0.312. The summed E-state index contributed by atoms with van der Waals surface area (Å²) in [5.74, 6) is -0.591. The van der Waals surface area contributed by atoms with Crippen LogP contribution < -0.4 is 16.4 Å². The Balaban J connectivity index is 1.52. The molecule has 2 aromatic rings. The fourth-order valence-electron chi connectivity index (χ4n) is 4.85. The van der Waals surface area contributed by atoms with E-state index in [1.165, 1.54) is 32.0 Å². The topological polar surface area (TPSA) is 122 Å². The summed E-state index contributed by atoms with van der Waals surface area (Å²) in [7, 11) is 0. The molecular weight excluding hydrogens is 475 g/mol. The van der Waals surface area contributed by atoms with Crippen LogP contribution in [0.4, 0.5) is 14.9 Å². The number of piperidine rings is 1. The molecule has 1 heterocycles. The van der Waals surface area contributed by atoms with Crippen molar-refractivity contribution in [3.8, 4) is 0 Å². The van der Waals surface area contributed by atoms with Crippen molar-refractivity contribution in [1.82, 2.24) is 10.2 Å². The van der Waals surface area contributed by atoms with Crippen molar-refractivity contribution in [2.75, 3.05) is 25.0 Å². The molecule has 4 N–H and O–H groups in total. The first-order chi connectivity index (χ1) is 17.6. The number of ketones is 2. The number of nitrogens with one attached hydrogen (secondary N) is 2. The Bertz CT molecular complexity index is 1100. The maximum Gasteiger partial charge on any atom is 0.319 e. The number of rotatable bonds is 11. The van der Waals surface area contributed by atoms with E-state index < -0.39 is 6.03 Å². The van der Waals surface area contributed by atoms with Crippen LogP contribution in [0.1, 0.15) is 65.8 Å². The minimum Gasteiger partial charge on any atom is -0.369 e. The maximum atomic E-state index is 13.2. The number of halogens is 1. The molecular formula is C28H35FN4O4. The summed E-state index contributed by atoms with van der Waals surface area (Å²) in [4.78, 5) is 49.6. The molecule has 2 aromatic carbocycles. The van der Waals surface area contributed by atoms with E-state index in [0.717, 1.165) is 37.8 Å². The van der Waals surface area contributed by atoms with Crippen LogP contribution in [0.2, 0.25) is 0 Å². The van der Waals surface area contributed by atoms with E-state index in [2.05, 4.69) is 15.5 Å². The maximum absolute atomic E-state index is 13.2. The highest BCUT2D eigenvalue weighted by Gasteiger charge is 2.29. The van der Waals surface area contributed by atoms with E-state index >= 15 is 0 Å². The molecule has 8 nitrogen and oxygen atoms in total. The van der Waals surface area contributed by atoms with Crippen LogP contribution >= 0.6 is 0 Å². The van der Waals surface area contributed by atoms with Crippen LogP contribution in [0, 0.1) is 11.7 Å². The molecule has 1 aliphatic heterocycles. The van der Waals surface area contributed by atoms with Gasteiger partial charge in [-0.15, -0.1) is 0 Å². The van der Waals surface area contributed by atoms with Gasteiger partial charge in [0.2, 0.25) is 5.91 Å². The number of Topliss-reactive ketones (excluding diaryl/α,β-unsaturated/α-hetero) is 2. The first-order valence-corrected chi connectivity index (χ1v) is 12.6. The van der Waals surface area contributed by atoms with Gasteiger partial charge in [-0.2, -0.15) is 0 Å². The Morgan fingerprint density at radius 3 is 2.27 bits per heavy atom. The number of anilines is 1. The van der Waals surface area contributed by atoms with Gasteiger partial charge < -0.3 is 16.4 Å². The number of amides is 3. The number of benzene rings is 2.